The van der Waals surface area contributed by atoms with Crippen molar-refractivity contribution in [3.8, 4) is 17.2 Å². The van der Waals surface area contributed by atoms with Crippen LogP contribution in [0.25, 0.3) is 6.08 Å². The van der Waals surface area contributed by atoms with E-state index in [0.717, 1.165) is 22.8 Å². The highest BCUT2D eigenvalue weighted by molar-refractivity contribution is 5.56. The third kappa shape index (κ3) is 2.79. The van der Waals surface area contributed by atoms with E-state index in [9.17, 15) is 0 Å². The minimum Gasteiger partial charge on any atom is -0.493 e. The van der Waals surface area contributed by atoms with E-state index in [2.05, 4.69) is 31.2 Å². The number of ether oxygens (including phenoxy) is 3. The first-order chi connectivity index (χ1) is 11.2. The van der Waals surface area contributed by atoms with Gasteiger partial charge in [0.15, 0.2) is 11.5 Å². The fourth-order valence-electron chi connectivity index (χ4n) is 3.11. The van der Waals surface area contributed by atoms with E-state index >= 15 is 0 Å². The van der Waals surface area contributed by atoms with Crippen molar-refractivity contribution in [3.05, 3.63) is 59.2 Å². The number of fused-ring (bicyclic) bond motifs is 1. The molecule has 1 aliphatic rings. The summed E-state index contributed by atoms with van der Waals surface area (Å²) in [5.74, 6) is 2.71. The zero-order chi connectivity index (χ0) is 16.4. The summed E-state index contributed by atoms with van der Waals surface area (Å²) in [4.78, 5) is 0. The molecule has 23 heavy (non-hydrogen) atoms. The Morgan fingerprint density at radius 3 is 2.48 bits per heavy atom. The number of rotatable bonds is 4. The zero-order valence-electron chi connectivity index (χ0n) is 14.0. The lowest BCUT2D eigenvalue weighted by molar-refractivity contribution is 0.215. The van der Waals surface area contributed by atoms with Gasteiger partial charge >= 0.3 is 0 Å². The molecule has 0 spiro atoms. The van der Waals surface area contributed by atoms with Gasteiger partial charge in [-0.3, -0.25) is 0 Å². The first-order valence-electron chi connectivity index (χ1n) is 7.83. The van der Waals surface area contributed by atoms with Crippen molar-refractivity contribution >= 4 is 6.08 Å². The molecule has 0 saturated heterocycles. The first kappa shape index (κ1) is 15.5. The predicted molar refractivity (Wildman–Crippen MR) is 92.5 cm³/mol. The van der Waals surface area contributed by atoms with Crippen molar-refractivity contribution in [2.24, 2.45) is 0 Å². The van der Waals surface area contributed by atoms with E-state index in [1.807, 2.05) is 31.2 Å². The Balaban J connectivity index is 1.94. The van der Waals surface area contributed by atoms with Crippen LogP contribution >= 0.6 is 0 Å². The molecule has 2 aromatic carbocycles. The van der Waals surface area contributed by atoms with Gasteiger partial charge in [0.2, 0.25) is 0 Å². The van der Waals surface area contributed by atoms with E-state index in [4.69, 9.17) is 14.2 Å². The van der Waals surface area contributed by atoms with Crippen LogP contribution in [-0.4, -0.2) is 14.2 Å². The second kappa shape index (κ2) is 6.37. The minimum atomic E-state index is -0.00865. The smallest absolute Gasteiger partial charge is 0.161 e. The Hall–Kier alpha value is -2.42. The molecule has 1 aliphatic heterocycles. The fourth-order valence-corrected chi connectivity index (χ4v) is 3.11. The molecule has 0 aromatic heterocycles. The first-order valence-corrected chi connectivity index (χ1v) is 7.83. The standard InChI is InChI=1S/C20H22O3/c1-5-6-14-7-9-17-16(11-14)13(2)20(23-17)15-8-10-18(21-3)19(12-15)22-4/h5-13,20H,1-4H3/b6-5+. The number of benzene rings is 2. The Morgan fingerprint density at radius 2 is 1.78 bits per heavy atom. The van der Waals surface area contributed by atoms with Gasteiger partial charge < -0.3 is 14.2 Å². The van der Waals surface area contributed by atoms with Crippen LogP contribution in [0.5, 0.6) is 17.2 Å². The maximum Gasteiger partial charge on any atom is 0.161 e. The Morgan fingerprint density at radius 1 is 1.00 bits per heavy atom. The van der Waals surface area contributed by atoms with Gasteiger partial charge in [0.1, 0.15) is 11.9 Å². The Labute approximate surface area is 137 Å². The number of hydrogen-bond acceptors (Lipinski definition) is 3. The Kier molecular flexibility index (Phi) is 4.28. The zero-order valence-corrected chi connectivity index (χ0v) is 14.0. The summed E-state index contributed by atoms with van der Waals surface area (Å²) in [6.07, 6.45) is 4.15. The van der Waals surface area contributed by atoms with E-state index in [0.29, 0.717) is 0 Å². The lowest BCUT2D eigenvalue weighted by atomic mass is 9.92. The third-order valence-electron chi connectivity index (χ3n) is 4.33. The number of hydrogen-bond donors (Lipinski definition) is 0. The predicted octanol–water partition coefficient (Wildman–Crippen LogP) is 4.97. The highest BCUT2D eigenvalue weighted by atomic mass is 16.5. The van der Waals surface area contributed by atoms with Crippen molar-refractivity contribution in [1.82, 2.24) is 0 Å². The van der Waals surface area contributed by atoms with Crippen molar-refractivity contribution in [2.75, 3.05) is 14.2 Å². The van der Waals surface area contributed by atoms with Gasteiger partial charge in [-0.1, -0.05) is 31.2 Å². The Bertz CT molecular complexity index is 734. The van der Waals surface area contributed by atoms with Crippen LogP contribution in [0.2, 0.25) is 0 Å². The molecule has 0 radical (unpaired) electrons. The number of methoxy groups -OCH3 is 2. The van der Waals surface area contributed by atoms with Crippen LogP contribution in [0.1, 0.15) is 42.6 Å². The molecule has 0 amide bonds. The van der Waals surface area contributed by atoms with Crippen molar-refractivity contribution in [2.45, 2.75) is 25.9 Å². The van der Waals surface area contributed by atoms with E-state index in [1.54, 1.807) is 14.2 Å². The number of allylic oxidation sites excluding steroid dienone is 1. The monoisotopic (exact) mass is 310 g/mol. The van der Waals surface area contributed by atoms with Gasteiger partial charge in [0.05, 0.1) is 14.2 Å². The van der Waals surface area contributed by atoms with Crippen LogP contribution < -0.4 is 14.2 Å². The highest BCUT2D eigenvalue weighted by Crippen LogP contribution is 2.47. The molecular weight excluding hydrogens is 288 g/mol. The second-order valence-corrected chi connectivity index (χ2v) is 5.74. The minimum absolute atomic E-state index is 0.00865. The maximum atomic E-state index is 6.19. The molecule has 2 atom stereocenters. The maximum absolute atomic E-state index is 6.19. The van der Waals surface area contributed by atoms with Crippen LogP contribution in [0.4, 0.5) is 0 Å². The summed E-state index contributed by atoms with van der Waals surface area (Å²) >= 11 is 0. The molecule has 3 nitrogen and oxygen atoms in total. The van der Waals surface area contributed by atoms with Gasteiger partial charge in [-0.05, 0) is 42.3 Å². The highest BCUT2D eigenvalue weighted by Gasteiger charge is 2.32. The van der Waals surface area contributed by atoms with Crippen LogP contribution in [0.15, 0.2) is 42.5 Å². The molecule has 0 fully saturated rings. The molecule has 2 aromatic rings. The molecule has 0 N–H and O–H groups in total. The van der Waals surface area contributed by atoms with Gasteiger partial charge in [-0.15, -0.1) is 0 Å². The summed E-state index contributed by atoms with van der Waals surface area (Å²) < 4.78 is 16.9. The van der Waals surface area contributed by atoms with Crippen LogP contribution in [0.3, 0.4) is 0 Å². The van der Waals surface area contributed by atoms with Crippen molar-refractivity contribution in [3.63, 3.8) is 0 Å². The molecule has 0 saturated carbocycles. The normalized spacial score (nSPS) is 19.5. The summed E-state index contributed by atoms with van der Waals surface area (Å²) in [5.41, 5.74) is 3.55. The molecule has 120 valence electrons. The average Bonchev–Trinajstić information content (AvgIpc) is 2.91. The van der Waals surface area contributed by atoms with E-state index in [1.165, 1.54) is 11.1 Å². The molecular formula is C20H22O3. The SMILES string of the molecule is C/C=C/c1ccc2c(c1)C(C)C(c1ccc(OC)c(OC)c1)O2. The fraction of sp³-hybridized carbons (Fsp3) is 0.300. The molecule has 2 unspecified atom stereocenters. The van der Waals surface area contributed by atoms with Crippen LogP contribution in [-0.2, 0) is 0 Å². The lowest BCUT2D eigenvalue weighted by Crippen LogP contribution is -2.07. The van der Waals surface area contributed by atoms with Crippen LogP contribution in [0, 0.1) is 0 Å². The summed E-state index contributed by atoms with van der Waals surface area (Å²) in [5, 5.41) is 0. The molecule has 0 bridgehead atoms. The van der Waals surface area contributed by atoms with E-state index in [-0.39, 0.29) is 12.0 Å². The van der Waals surface area contributed by atoms with Crippen molar-refractivity contribution in [1.29, 1.82) is 0 Å². The lowest BCUT2D eigenvalue weighted by Gasteiger charge is -2.17. The van der Waals surface area contributed by atoms with Gasteiger partial charge in [0, 0.05) is 11.5 Å². The molecule has 0 aliphatic carbocycles. The molecule has 3 heteroatoms. The van der Waals surface area contributed by atoms with Gasteiger partial charge in [0.25, 0.3) is 0 Å². The van der Waals surface area contributed by atoms with Gasteiger partial charge in [-0.25, -0.2) is 0 Å². The summed E-state index contributed by atoms with van der Waals surface area (Å²) in [6.45, 7) is 4.23. The summed E-state index contributed by atoms with van der Waals surface area (Å²) in [6, 6.07) is 12.3. The second-order valence-electron chi connectivity index (χ2n) is 5.74. The molecule has 3 rings (SSSR count). The molecule has 1 heterocycles. The van der Waals surface area contributed by atoms with E-state index < -0.39 is 0 Å². The van der Waals surface area contributed by atoms with Crippen molar-refractivity contribution < 1.29 is 14.2 Å². The van der Waals surface area contributed by atoms with Gasteiger partial charge in [-0.2, -0.15) is 0 Å². The third-order valence-corrected chi connectivity index (χ3v) is 4.33. The average molecular weight is 310 g/mol. The quantitative estimate of drug-likeness (QED) is 0.797. The largest absolute Gasteiger partial charge is 0.493 e. The summed E-state index contributed by atoms with van der Waals surface area (Å²) in [7, 11) is 3.30. The topological polar surface area (TPSA) is 27.7 Å².